The van der Waals surface area contributed by atoms with E-state index in [1.807, 2.05) is 0 Å². The van der Waals surface area contributed by atoms with Crippen molar-refractivity contribution in [1.82, 2.24) is 0 Å². The van der Waals surface area contributed by atoms with Crippen molar-refractivity contribution in [2.45, 2.75) is 5.44 Å². The first-order chi connectivity index (χ1) is 3.81. The molecule has 0 rings (SSSR count). The number of aliphatic hydroxyl groups excluding tert-OH is 2. The molecule has 0 spiro atoms. The van der Waals surface area contributed by atoms with Gasteiger partial charge in [0, 0.05) is 11.5 Å². The molecule has 0 saturated carbocycles. The zero-order chi connectivity index (χ0) is 6.41. The van der Waals surface area contributed by atoms with Crippen LogP contribution in [0.3, 0.4) is 0 Å². The van der Waals surface area contributed by atoms with Gasteiger partial charge in [-0.15, -0.1) is 11.8 Å². The minimum atomic E-state index is -0.425. The molecule has 1 atom stereocenters. The van der Waals surface area contributed by atoms with Crippen LogP contribution in [-0.2, 0) is 0 Å². The molecule has 8 heavy (non-hydrogen) atoms. The molecule has 0 aliphatic rings. The average molecular weight is 154 g/mol. The van der Waals surface area contributed by atoms with Crippen LogP contribution in [-0.4, -0.2) is 33.8 Å². The smallest absolute Gasteiger partial charge is 0.108 e. The maximum Gasteiger partial charge on any atom is 0.108 e. The first kappa shape index (κ1) is 8.62. The van der Waals surface area contributed by atoms with Gasteiger partial charge in [0.25, 0.3) is 0 Å². The summed E-state index contributed by atoms with van der Waals surface area (Å²) >= 11 is 5.14. The molecule has 0 fully saturated rings. The normalized spacial score (nSPS) is 13.9. The van der Waals surface area contributed by atoms with E-state index in [2.05, 4.69) is 12.6 Å². The van der Waals surface area contributed by atoms with Crippen LogP contribution in [0, 0.1) is 0 Å². The van der Waals surface area contributed by atoms with Crippen molar-refractivity contribution in [3.8, 4) is 0 Å². The molecule has 0 aliphatic heterocycles. The van der Waals surface area contributed by atoms with Gasteiger partial charge >= 0.3 is 0 Å². The van der Waals surface area contributed by atoms with Crippen molar-refractivity contribution in [3.63, 3.8) is 0 Å². The van der Waals surface area contributed by atoms with Crippen LogP contribution in [0.5, 0.6) is 0 Å². The lowest BCUT2D eigenvalue weighted by molar-refractivity contribution is 0.285. The summed E-state index contributed by atoms with van der Waals surface area (Å²) in [7, 11) is 0. The third-order valence-electron chi connectivity index (χ3n) is 0.558. The average Bonchev–Trinajstić information content (AvgIpc) is 1.83. The van der Waals surface area contributed by atoms with E-state index in [1.165, 1.54) is 11.8 Å². The summed E-state index contributed by atoms with van der Waals surface area (Å²) in [6, 6.07) is 0. The van der Waals surface area contributed by atoms with Crippen molar-refractivity contribution < 1.29 is 10.2 Å². The fourth-order valence-electron chi connectivity index (χ4n) is 0.241. The summed E-state index contributed by atoms with van der Waals surface area (Å²) in [6.07, 6.45) is 0. The molecule has 0 aromatic carbocycles. The van der Waals surface area contributed by atoms with E-state index in [0.29, 0.717) is 11.5 Å². The lowest BCUT2D eigenvalue weighted by atomic mass is 10.8. The molecule has 0 radical (unpaired) electrons. The molecule has 4 heteroatoms. The predicted octanol–water partition coefficient (Wildman–Crippen LogP) is -0.0399. The zero-order valence-corrected chi connectivity index (χ0v) is 6.16. The van der Waals surface area contributed by atoms with Gasteiger partial charge in [0.2, 0.25) is 0 Å². The molecule has 0 saturated heterocycles. The summed E-state index contributed by atoms with van der Waals surface area (Å²) in [5, 5.41) is 17.0. The summed E-state index contributed by atoms with van der Waals surface area (Å²) in [6.45, 7) is 0.121. The van der Waals surface area contributed by atoms with Gasteiger partial charge in [-0.25, -0.2) is 0 Å². The van der Waals surface area contributed by atoms with E-state index >= 15 is 0 Å². The van der Waals surface area contributed by atoms with E-state index in [1.54, 1.807) is 0 Å². The third-order valence-corrected chi connectivity index (χ3v) is 2.12. The summed E-state index contributed by atoms with van der Waals surface area (Å²) in [4.78, 5) is 0. The molecular weight excluding hydrogens is 144 g/mol. The Hall–Kier alpha value is 0.620. The Morgan fingerprint density at radius 2 is 2.25 bits per heavy atom. The number of rotatable bonds is 4. The van der Waals surface area contributed by atoms with Crippen molar-refractivity contribution in [1.29, 1.82) is 0 Å². The first-order valence-corrected chi connectivity index (χ1v) is 4.00. The number of aliphatic hydroxyl groups is 2. The quantitative estimate of drug-likeness (QED) is 0.393. The van der Waals surface area contributed by atoms with Crippen LogP contribution in [0.25, 0.3) is 0 Å². The van der Waals surface area contributed by atoms with Crippen LogP contribution in [0.15, 0.2) is 0 Å². The van der Waals surface area contributed by atoms with Gasteiger partial charge in [0.05, 0.1) is 6.61 Å². The zero-order valence-electron chi connectivity index (χ0n) is 4.45. The monoisotopic (exact) mass is 154 g/mol. The van der Waals surface area contributed by atoms with Crippen LogP contribution < -0.4 is 0 Å². The molecule has 1 unspecified atom stereocenters. The van der Waals surface area contributed by atoms with Gasteiger partial charge in [-0.3, -0.25) is 0 Å². The Balaban J connectivity index is 2.86. The Kier molecular flexibility index (Phi) is 6.20. The standard InChI is InChI=1S/C4H10O2S2/c5-1-2-8-4(6)3-7/h4-7H,1-3H2. The molecule has 50 valence electrons. The molecule has 0 heterocycles. The number of thioether (sulfide) groups is 1. The van der Waals surface area contributed by atoms with Gasteiger partial charge in [-0.05, 0) is 0 Å². The first-order valence-electron chi connectivity index (χ1n) is 2.32. The van der Waals surface area contributed by atoms with Gasteiger partial charge in [0.1, 0.15) is 5.44 Å². The third kappa shape index (κ3) is 4.77. The van der Waals surface area contributed by atoms with Crippen LogP contribution in [0.2, 0.25) is 0 Å². The second-order valence-electron chi connectivity index (χ2n) is 1.23. The summed E-state index contributed by atoms with van der Waals surface area (Å²) < 4.78 is 0. The summed E-state index contributed by atoms with van der Waals surface area (Å²) in [5.74, 6) is 1.03. The minimum Gasteiger partial charge on any atom is -0.396 e. The van der Waals surface area contributed by atoms with Crippen molar-refractivity contribution in [2.75, 3.05) is 18.1 Å². The Bertz CT molecular complexity index is 51.3. The number of hydrogen-bond acceptors (Lipinski definition) is 4. The van der Waals surface area contributed by atoms with Gasteiger partial charge in [-0.2, -0.15) is 12.6 Å². The SMILES string of the molecule is OCCSC(O)CS. The van der Waals surface area contributed by atoms with Gasteiger partial charge in [-0.1, -0.05) is 0 Å². The van der Waals surface area contributed by atoms with E-state index in [-0.39, 0.29) is 6.61 Å². The number of hydrogen-bond donors (Lipinski definition) is 3. The Morgan fingerprint density at radius 3 is 2.62 bits per heavy atom. The highest BCUT2D eigenvalue weighted by molar-refractivity contribution is 8.00. The summed E-state index contributed by atoms with van der Waals surface area (Å²) in [5.41, 5.74) is -0.425. The molecule has 2 N–H and O–H groups in total. The molecule has 0 bridgehead atoms. The molecule has 0 amide bonds. The fraction of sp³-hybridized carbons (Fsp3) is 1.00. The Labute approximate surface area is 58.7 Å². The molecule has 0 aliphatic carbocycles. The van der Waals surface area contributed by atoms with Crippen LogP contribution >= 0.6 is 24.4 Å². The topological polar surface area (TPSA) is 40.5 Å². The van der Waals surface area contributed by atoms with E-state index < -0.39 is 5.44 Å². The van der Waals surface area contributed by atoms with Crippen molar-refractivity contribution in [2.24, 2.45) is 0 Å². The van der Waals surface area contributed by atoms with E-state index in [4.69, 9.17) is 10.2 Å². The molecule has 0 aromatic heterocycles. The molecule has 2 nitrogen and oxygen atoms in total. The van der Waals surface area contributed by atoms with Crippen molar-refractivity contribution in [3.05, 3.63) is 0 Å². The second-order valence-corrected chi connectivity index (χ2v) is 2.88. The molecule has 0 aromatic rings. The minimum absolute atomic E-state index is 0.121. The Morgan fingerprint density at radius 1 is 1.62 bits per heavy atom. The van der Waals surface area contributed by atoms with E-state index in [9.17, 15) is 0 Å². The fourth-order valence-corrected chi connectivity index (χ4v) is 1.04. The van der Waals surface area contributed by atoms with E-state index in [0.717, 1.165) is 0 Å². The maximum absolute atomic E-state index is 8.76. The second kappa shape index (κ2) is 5.75. The van der Waals surface area contributed by atoms with Gasteiger partial charge in [0.15, 0.2) is 0 Å². The highest BCUT2D eigenvalue weighted by Gasteiger charge is 1.97. The van der Waals surface area contributed by atoms with Gasteiger partial charge < -0.3 is 10.2 Å². The highest BCUT2D eigenvalue weighted by Crippen LogP contribution is 2.07. The van der Waals surface area contributed by atoms with Crippen LogP contribution in [0.4, 0.5) is 0 Å². The van der Waals surface area contributed by atoms with Crippen LogP contribution in [0.1, 0.15) is 0 Å². The lowest BCUT2D eigenvalue weighted by Crippen LogP contribution is -2.04. The maximum atomic E-state index is 8.76. The predicted molar refractivity (Wildman–Crippen MR) is 39.4 cm³/mol. The van der Waals surface area contributed by atoms with Crippen molar-refractivity contribution >= 4 is 24.4 Å². The largest absolute Gasteiger partial charge is 0.396 e. The number of thiol groups is 1. The highest BCUT2D eigenvalue weighted by atomic mass is 32.2. The molecular formula is C4H10O2S2. The lowest BCUT2D eigenvalue weighted by Gasteiger charge is -2.02.